The van der Waals surface area contributed by atoms with Crippen molar-refractivity contribution in [1.82, 2.24) is 30.2 Å². The van der Waals surface area contributed by atoms with Crippen molar-refractivity contribution in [2.75, 3.05) is 0 Å². The van der Waals surface area contributed by atoms with Crippen molar-refractivity contribution in [3.63, 3.8) is 0 Å². The molecular weight excluding hydrogens is 256 g/mol. The van der Waals surface area contributed by atoms with Crippen LogP contribution in [0.4, 0.5) is 0 Å². The van der Waals surface area contributed by atoms with Gasteiger partial charge in [-0.1, -0.05) is 24.3 Å². The van der Waals surface area contributed by atoms with Crippen LogP contribution in [0.25, 0.3) is 22.1 Å². The molecule has 0 radical (unpaired) electrons. The maximum absolute atomic E-state index is 4.02. The fraction of sp³-hybridized carbons (Fsp3) is 0. The molecule has 0 atom stereocenters. The molecule has 0 saturated heterocycles. The molecule has 0 aliphatic carbocycles. The lowest BCUT2D eigenvalue weighted by Crippen LogP contribution is -1.95. The third kappa shape index (κ3) is 1.62. The molecular formula is C12H8N8. The standard InChI is InChI=1S/C12H8N8/c1-3-7-11-9(5-1)13-15-19(11)17-18-20-12-8-4-2-6-10(12)14-16-20/h1-8H/b18-17+. The predicted octanol–water partition coefficient (Wildman–Crippen LogP) is 1.85. The van der Waals surface area contributed by atoms with Crippen LogP contribution < -0.4 is 0 Å². The zero-order chi connectivity index (χ0) is 13.4. The highest BCUT2D eigenvalue weighted by atomic mass is 15.7. The van der Waals surface area contributed by atoms with Crippen LogP contribution in [0.1, 0.15) is 0 Å². The molecule has 20 heavy (non-hydrogen) atoms. The third-order valence-corrected chi connectivity index (χ3v) is 2.88. The van der Waals surface area contributed by atoms with Crippen LogP contribution >= 0.6 is 0 Å². The Bertz CT molecular complexity index is 843. The maximum Gasteiger partial charge on any atom is 0.117 e. The summed E-state index contributed by atoms with van der Waals surface area (Å²) >= 11 is 0. The van der Waals surface area contributed by atoms with Gasteiger partial charge < -0.3 is 0 Å². The van der Waals surface area contributed by atoms with E-state index in [9.17, 15) is 0 Å². The summed E-state index contributed by atoms with van der Waals surface area (Å²) in [6.07, 6.45) is 0. The summed E-state index contributed by atoms with van der Waals surface area (Å²) in [5.41, 5.74) is 3.08. The molecule has 0 bridgehead atoms. The molecule has 2 aromatic heterocycles. The Morgan fingerprint density at radius 2 is 1.10 bits per heavy atom. The van der Waals surface area contributed by atoms with Gasteiger partial charge in [-0.05, 0) is 45.1 Å². The summed E-state index contributed by atoms with van der Waals surface area (Å²) in [7, 11) is 0. The summed E-state index contributed by atoms with van der Waals surface area (Å²) in [5, 5.41) is 23.9. The number of rotatable bonds is 2. The van der Waals surface area contributed by atoms with E-state index in [1.165, 1.54) is 9.58 Å². The Hall–Kier alpha value is -3.16. The van der Waals surface area contributed by atoms with E-state index in [-0.39, 0.29) is 0 Å². The molecule has 2 heterocycles. The van der Waals surface area contributed by atoms with Gasteiger partial charge in [-0.2, -0.15) is 0 Å². The zero-order valence-electron chi connectivity index (χ0n) is 10.2. The maximum atomic E-state index is 4.02. The van der Waals surface area contributed by atoms with E-state index in [0.717, 1.165) is 22.1 Å². The van der Waals surface area contributed by atoms with Crippen molar-refractivity contribution in [1.29, 1.82) is 0 Å². The molecule has 8 heteroatoms. The third-order valence-electron chi connectivity index (χ3n) is 2.88. The largest absolute Gasteiger partial charge is 0.128 e. The van der Waals surface area contributed by atoms with Crippen LogP contribution in [0.15, 0.2) is 59.0 Å². The van der Waals surface area contributed by atoms with Gasteiger partial charge in [-0.25, -0.2) is 0 Å². The van der Waals surface area contributed by atoms with E-state index >= 15 is 0 Å². The van der Waals surface area contributed by atoms with Gasteiger partial charge in [-0.15, -0.1) is 19.8 Å². The van der Waals surface area contributed by atoms with Crippen LogP contribution in [-0.4, -0.2) is 30.2 Å². The number of aromatic nitrogens is 6. The summed E-state index contributed by atoms with van der Waals surface area (Å²) in [6.45, 7) is 0. The summed E-state index contributed by atoms with van der Waals surface area (Å²) in [6, 6.07) is 15.0. The lowest BCUT2D eigenvalue weighted by molar-refractivity contribution is 0.582. The lowest BCUT2D eigenvalue weighted by Gasteiger charge is -1.92. The summed E-state index contributed by atoms with van der Waals surface area (Å²) in [4.78, 5) is 2.71. The number of hydrogen-bond donors (Lipinski definition) is 0. The molecule has 0 amide bonds. The molecule has 0 spiro atoms. The van der Waals surface area contributed by atoms with Gasteiger partial charge in [0.2, 0.25) is 0 Å². The van der Waals surface area contributed by atoms with Crippen LogP contribution in [0.5, 0.6) is 0 Å². The van der Waals surface area contributed by atoms with E-state index in [1.54, 1.807) is 0 Å². The number of hydrogen-bond acceptors (Lipinski definition) is 6. The Morgan fingerprint density at radius 3 is 1.60 bits per heavy atom. The molecule has 0 fully saturated rings. The van der Waals surface area contributed by atoms with Crippen LogP contribution in [0.2, 0.25) is 0 Å². The lowest BCUT2D eigenvalue weighted by atomic mass is 10.3. The first-order chi connectivity index (χ1) is 9.92. The quantitative estimate of drug-likeness (QED) is 0.517. The first-order valence-electron chi connectivity index (χ1n) is 5.95. The van der Waals surface area contributed by atoms with Crippen molar-refractivity contribution in [2.45, 2.75) is 0 Å². The minimum Gasteiger partial charge on any atom is -0.128 e. The Balaban J connectivity index is 1.78. The number of fused-ring (bicyclic) bond motifs is 2. The Kier molecular flexibility index (Phi) is 2.25. The molecule has 0 aliphatic heterocycles. The van der Waals surface area contributed by atoms with E-state index in [2.05, 4.69) is 31.1 Å². The normalized spacial score (nSPS) is 11.8. The fourth-order valence-corrected chi connectivity index (χ4v) is 1.92. The molecule has 8 nitrogen and oxygen atoms in total. The highest BCUT2D eigenvalue weighted by Crippen LogP contribution is 2.11. The Morgan fingerprint density at radius 1 is 0.650 bits per heavy atom. The highest BCUT2D eigenvalue weighted by Gasteiger charge is 2.04. The Labute approximate surface area is 112 Å². The van der Waals surface area contributed by atoms with Crippen molar-refractivity contribution < 1.29 is 0 Å². The van der Waals surface area contributed by atoms with Crippen LogP contribution in [-0.2, 0) is 0 Å². The average Bonchev–Trinajstić information content (AvgIpc) is 3.09. The SMILES string of the molecule is c1ccc2c(c1)nnn2/N=N/n1nnc2ccccc21. The summed E-state index contributed by atoms with van der Waals surface area (Å²) in [5.74, 6) is 0. The monoisotopic (exact) mass is 264 g/mol. The van der Waals surface area contributed by atoms with Gasteiger partial charge in [0, 0.05) is 0 Å². The first-order valence-corrected chi connectivity index (χ1v) is 5.95. The number of benzene rings is 2. The molecule has 2 aromatic carbocycles. The number of nitrogens with zero attached hydrogens (tertiary/aromatic N) is 8. The minimum atomic E-state index is 0.759. The molecule has 4 rings (SSSR count). The second-order valence-electron chi connectivity index (χ2n) is 4.11. The average molecular weight is 264 g/mol. The van der Waals surface area contributed by atoms with Crippen molar-refractivity contribution in [3.05, 3.63) is 48.5 Å². The molecule has 0 saturated carbocycles. The van der Waals surface area contributed by atoms with Gasteiger partial charge in [0.1, 0.15) is 22.1 Å². The van der Waals surface area contributed by atoms with E-state index < -0.39 is 0 Å². The van der Waals surface area contributed by atoms with E-state index in [4.69, 9.17) is 0 Å². The second-order valence-corrected chi connectivity index (χ2v) is 4.11. The van der Waals surface area contributed by atoms with Gasteiger partial charge in [0.15, 0.2) is 0 Å². The van der Waals surface area contributed by atoms with E-state index in [0.29, 0.717) is 0 Å². The first kappa shape index (κ1) is 10.7. The minimum absolute atomic E-state index is 0.759. The van der Waals surface area contributed by atoms with Crippen LogP contribution in [0, 0.1) is 0 Å². The van der Waals surface area contributed by atoms with Gasteiger partial charge >= 0.3 is 0 Å². The molecule has 4 aromatic rings. The van der Waals surface area contributed by atoms with Gasteiger partial charge in [-0.3, -0.25) is 0 Å². The van der Waals surface area contributed by atoms with Crippen LogP contribution in [0.3, 0.4) is 0 Å². The zero-order valence-corrected chi connectivity index (χ0v) is 10.2. The number of para-hydroxylation sites is 2. The molecule has 96 valence electrons. The van der Waals surface area contributed by atoms with E-state index in [1.807, 2.05) is 48.5 Å². The second kappa shape index (κ2) is 4.19. The summed E-state index contributed by atoms with van der Waals surface area (Å²) < 4.78 is 0. The predicted molar refractivity (Wildman–Crippen MR) is 70.7 cm³/mol. The van der Waals surface area contributed by atoms with Crippen molar-refractivity contribution in [2.24, 2.45) is 10.4 Å². The molecule has 0 unspecified atom stereocenters. The fourth-order valence-electron chi connectivity index (χ4n) is 1.92. The van der Waals surface area contributed by atoms with Crippen molar-refractivity contribution >= 4 is 22.1 Å². The molecule has 0 N–H and O–H groups in total. The van der Waals surface area contributed by atoms with Gasteiger partial charge in [0.05, 0.1) is 0 Å². The highest BCUT2D eigenvalue weighted by molar-refractivity contribution is 5.74. The van der Waals surface area contributed by atoms with Gasteiger partial charge in [0.25, 0.3) is 0 Å². The smallest absolute Gasteiger partial charge is 0.117 e. The topological polar surface area (TPSA) is 86.1 Å². The van der Waals surface area contributed by atoms with Crippen molar-refractivity contribution in [3.8, 4) is 0 Å². The molecule has 0 aliphatic rings.